The Kier molecular flexibility index (Phi) is 10.1. The number of urea groups is 1. The van der Waals surface area contributed by atoms with Crippen LogP contribution in [0.15, 0.2) is 88.9 Å². The predicted octanol–water partition coefficient (Wildman–Crippen LogP) is 7.30. The predicted molar refractivity (Wildman–Crippen MR) is 178 cm³/mol. The van der Waals surface area contributed by atoms with Gasteiger partial charge in [-0.15, -0.1) is 0 Å². The fraction of sp³-hybridized carbons (Fsp3) is 0.194. The monoisotopic (exact) mass is 684 g/mol. The van der Waals surface area contributed by atoms with Crippen molar-refractivity contribution >= 4 is 45.5 Å². The summed E-state index contributed by atoms with van der Waals surface area (Å²) < 4.78 is 24.2. The van der Waals surface area contributed by atoms with Crippen molar-refractivity contribution in [2.45, 2.75) is 34.0 Å². The first kappa shape index (κ1) is 32.3. The van der Waals surface area contributed by atoms with Gasteiger partial charge in [0.05, 0.1) is 23.9 Å². The molecule has 0 unspecified atom stereocenters. The van der Waals surface area contributed by atoms with Crippen molar-refractivity contribution in [1.29, 1.82) is 0 Å². The van der Waals surface area contributed by atoms with Crippen molar-refractivity contribution in [2.24, 2.45) is 0 Å². The first-order valence-electron chi connectivity index (χ1n) is 14.6. The molecule has 4 aromatic carbocycles. The summed E-state index contributed by atoms with van der Waals surface area (Å²) in [6.45, 7) is 6.81. The minimum absolute atomic E-state index is 0.196. The standard InChI is InChI=1S/C36H33BrN2O7/c1-5-44-31-18-25(12-14-30(31)45-20-24-9-7-6-8-10-24)21-46-33-29(37)17-26(19-32(33)43-4)16-28-34(40)38-36(42)39(35(28)41)27-13-11-22(2)23(3)15-27/h6-19H,5,20-21H2,1-4H3,(H,38,40,42)/b28-16-. The van der Waals surface area contributed by atoms with E-state index in [9.17, 15) is 14.4 Å². The second-order valence-electron chi connectivity index (χ2n) is 10.5. The molecule has 0 atom stereocenters. The maximum Gasteiger partial charge on any atom is 0.335 e. The Hall–Kier alpha value is -5.09. The van der Waals surface area contributed by atoms with Gasteiger partial charge in [-0.1, -0.05) is 42.5 Å². The lowest BCUT2D eigenvalue weighted by molar-refractivity contribution is -0.122. The van der Waals surface area contributed by atoms with Crippen LogP contribution in [0.1, 0.15) is 34.7 Å². The summed E-state index contributed by atoms with van der Waals surface area (Å²) in [5.74, 6) is 0.527. The van der Waals surface area contributed by atoms with E-state index < -0.39 is 17.8 Å². The molecular weight excluding hydrogens is 652 g/mol. The lowest BCUT2D eigenvalue weighted by Gasteiger charge is -2.27. The van der Waals surface area contributed by atoms with Crippen LogP contribution in [-0.2, 0) is 22.8 Å². The molecule has 0 aromatic heterocycles. The number of barbiturate groups is 1. The normalized spacial score (nSPS) is 13.9. The number of carbonyl (C=O) groups is 3. The average Bonchev–Trinajstić information content (AvgIpc) is 3.04. The van der Waals surface area contributed by atoms with Crippen LogP contribution in [0.2, 0.25) is 0 Å². The van der Waals surface area contributed by atoms with Crippen molar-refractivity contribution in [1.82, 2.24) is 5.32 Å². The van der Waals surface area contributed by atoms with E-state index in [1.54, 1.807) is 24.3 Å². The molecule has 0 bridgehead atoms. The fourth-order valence-corrected chi connectivity index (χ4v) is 5.38. The third-order valence-electron chi connectivity index (χ3n) is 7.34. The van der Waals surface area contributed by atoms with Gasteiger partial charge >= 0.3 is 6.03 Å². The van der Waals surface area contributed by atoms with Crippen LogP contribution in [-0.4, -0.2) is 31.6 Å². The molecule has 10 heteroatoms. The second kappa shape index (κ2) is 14.3. The molecule has 5 rings (SSSR count). The Morgan fingerprint density at radius 2 is 1.54 bits per heavy atom. The van der Waals surface area contributed by atoms with E-state index in [2.05, 4.69) is 21.2 Å². The number of rotatable bonds is 11. The number of amides is 4. The molecule has 46 heavy (non-hydrogen) atoms. The topological polar surface area (TPSA) is 103 Å². The van der Waals surface area contributed by atoms with Gasteiger partial charge in [0.1, 0.15) is 18.8 Å². The number of hydrogen-bond acceptors (Lipinski definition) is 7. The molecule has 0 radical (unpaired) electrons. The third-order valence-corrected chi connectivity index (χ3v) is 7.93. The van der Waals surface area contributed by atoms with Gasteiger partial charge in [0.2, 0.25) is 0 Å². The van der Waals surface area contributed by atoms with E-state index >= 15 is 0 Å². The summed E-state index contributed by atoms with van der Waals surface area (Å²) in [6, 6.07) is 23.3. The third kappa shape index (κ3) is 7.24. The number of nitrogens with one attached hydrogen (secondary N) is 1. The first-order valence-corrected chi connectivity index (χ1v) is 15.4. The van der Waals surface area contributed by atoms with Crippen molar-refractivity contribution in [3.05, 3.63) is 117 Å². The number of benzene rings is 4. The van der Waals surface area contributed by atoms with Crippen LogP contribution >= 0.6 is 15.9 Å². The van der Waals surface area contributed by atoms with Crippen LogP contribution in [0.5, 0.6) is 23.0 Å². The van der Waals surface area contributed by atoms with E-state index in [1.807, 2.05) is 75.4 Å². The summed E-state index contributed by atoms with van der Waals surface area (Å²) in [7, 11) is 1.50. The SMILES string of the molecule is CCOc1cc(COc2c(Br)cc(/C=C3/C(=O)NC(=O)N(c4ccc(C)c(C)c4)C3=O)cc2OC)ccc1OCc1ccccc1. The first-order chi connectivity index (χ1) is 22.2. The molecule has 236 valence electrons. The van der Waals surface area contributed by atoms with Gasteiger partial charge in [-0.2, -0.15) is 0 Å². The van der Waals surface area contributed by atoms with Crippen molar-refractivity contribution in [3.8, 4) is 23.0 Å². The molecule has 0 saturated carbocycles. The number of imide groups is 2. The maximum absolute atomic E-state index is 13.4. The van der Waals surface area contributed by atoms with Gasteiger partial charge in [0.25, 0.3) is 11.8 Å². The van der Waals surface area contributed by atoms with E-state index in [1.165, 1.54) is 13.2 Å². The molecule has 1 saturated heterocycles. The van der Waals surface area contributed by atoms with E-state index in [0.717, 1.165) is 27.2 Å². The number of nitrogens with zero attached hydrogens (tertiary/aromatic N) is 1. The zero-order chi connectivity index (χ0) is 32.8. The Labute approximate surface area is 275 Å². The fourth-order valence-electron chi connectivity index (χ4n) is 4.81. The summed E-state index contributed by atoms with van der Waals surface area (Å²) in [6.07, 6.45) is 1.41. The molecule has 9 nitrogen and oxygen atoms in total. The minimum atomic E-state index is -0.804. The average molecular weight is 686 g/mol. The largest absolute Gasteiger partial charge is 0.493 e. The van der Waals surface area contributed by atoms with Gasteiger partial charge < -0.3 is 18.9 Å². The zero-order valence-corrected chi connectivity index (χ0v) is 27.5. The molecule has 4 aromatic rings. The van der Waals surface area contributed by atoms with Crippen molar-refractivity contribution in [2.75, 3.05) is 18.6 Å². The maximum atomic E-state index is 13.4. The summed E-state index contributed by atoms with van der Waals surface area (Å²) in [5.41, 5.74) is 4.48. The number of anilines is 1. The molecule has 0 aliphatic carbocycles. The van der Waals surface area contributed by atoms with Gasteiger partial charge in [0, 0.05) is 0 Å². The highest BCUT2D eigenvalue weighted by Gasteiger charge is 2.37. The Morgan fingerprint density at radius 1 is 0.783 bits per heavy atom. The molecule has 4 amide bonds. The molecular formula is C36H33BrN2O7. The van der Waals surface area contributed by atoms with Crippen molar-refractivity contribution < 1.29 is 33.3 Å². The molecule has 1 aliphatic heterocycles. The zero-order valence-electron chi connectivity index (χ0n) is 25.9. The van der Waals surface area contributed by atoms with E-state index in [0.29, 0.717) is 51.9 Å². The van der Waals surface area contributed by atoms with Crippen LogP contribution in [0, 0.1) is 13.8 Å². The van der Waals surface area contributed by atoms with E-state index in [-0.39, 0.29) is 12.2 Å². The van der Waals surface area contributed by atoms with Gasteiger partial charge in [0.15, 0.2) is 23.0 Å². The highest BCUT2D eigenvalue weighted by Crippen LogP contribution is 2.39. The van der Waals surface area contributed by atoms with Crippen LogP contribution in [0.4, 0.5) is 10.5 Å². The Balaban J connectivity index is 1.35. The number of methoxy groups -OCH3 is 1. The van der Waals surface area contributed by atoms with Gasteiger partial charge in [-0.05, 0) is 107 Å². The lowest BCUT2D eigenvalue weighted by atomic mass is 10.0. The quantitative estimate of drug-likeness (QED) is 0.131. The van der Waals surface area contributed by atoms with Crippen molar-refractivity contribution in [3.63, 3.8) is 0 Å². The molecule has 1 heterocycles. The highest BCUT2D eigenvalue weighted by molar-refractivity contribution is 9.10. The summed E-state index contributed by atoms with van der Waals surface area (Å²) in [5, 5.41) is 2.26. The van der Waals surface area contributed by atoms with Crippen LogP contribution < -0.4 is 29.2 Å². The Morgan fingerprint density at radius 3 is 2.26 bits per heavy atom. The number of carbonyl (C=O) groups excluding carboxylic acids is 3. The number of aryl methyl sites for hydroxylation is 2. The highest BCUT2D eigenvalue weighted by atomic mass is 79.9. The molecule has 1 N–H and O–H groups in total. The molecule has 0 spiro atoms. The number of ether oxygens (including phenoxy) is 4. The van der Waals surface area contributed by atoms with Gasteiger partial charge in [-0.25, -0.2) is 9.69 Å². The smallest absolute Gasteiger partial charge is 0.335 e. The van der Waals surface area contributed by atoms with Crippen LogP contribution in [0.25, 0.3) is 6.08 Å². The number of halogens is 1. The lowest BCUT2D eigenvalue weighted by Crippen LogP contribution is -2.54. The van der Waals surface area contributed by atoms with Crippen LogP contribution in [0.3, 0.4) is 0 Å². The number of hydrogen-bond donors (Lipinski definition) is 1. The Bertz CT molecular complexity index is 1820. The molecule has 1 fully saturated rings. The summed E-state index contributed by atoms with van der Waals surface area (Å²) >= 11 is 3.54. The molecule has 1 aliphatic rings. The van der Waals surface area contributed by atoms with Gasteiger partial charge in [-0.3, -0.25) is 14.9 Å². The van der Waals surface area contributed by atoms with E-state index in [4.69, 9.17) is 18.9 Å². The summed E-state index contributed by atoms with van der Waals surface area (Å²) in [4.78, 5) is 39.8. The minimum Gasteiger partial charge on any atom is -0.493 e. The second-order valence-corrected chi connectivity index (χ2v) is 11.4.